The molecule has 2 bridgehead atoms. The van der Waals surface area contributed by atoms with Crippen molar-refractivity contribution in [2.24, 2.45) is 0 Å². The van der Waals surface area contributed by atoms with Crippen LogP contribution in [-0.4, -0.2) is 43.3 Å². The molecule has 2 atom stereocenters. The predicted molar refractivity (Wildman–Crippen MR) is 90.5 cm³/mol. The number of carbonyl (C=O) groups excluding carboxylic acids is 1. The zero-order valence-corrected chi connectivity index (χ0v) is 14.3. The topological polar surface area (TPSA) is 59.7 Å². The molecule has 2 aromatic heterocycles. The summed E-state index contributed by atoms with van der Waals surface area (Å²) in [7, 11) is 0. The van der Waals surface area contributed by atoms with Crippen molar-refractivity contribution in [1.29, 1.82) is 0 Å². The summed E-state index contributed by atoms with van der Waals surface area (Å²) in [4.78, 5) is 18.9. The first-order chi connectivity index (χ1) is 11.4. The minimum absolute atomic E-state index is 0.0999. The Morgan fingerprint density at radius 1 is 1.33 bits per heavy atom. The maximum atomic E-state index is 12.5. The third-order valence-electron chi connectivity index (χ3n) is 4.61. The lowest BCUT2D eigenvalue weighted by Crippen LogP contribution is -2.45. The highest BCUT2D eigenvalue weighted by Gasteiger charge is 2.42. The van der Waals surface area contributed by atoms with Gasteiger partial charge in [0.2, 0.25) is 0 Å². The second kappa shape index (κ2) is 5.33. The number of rotatable bonds is 1. The van der Waals surface area contributed by atoms with Crippen molar-refractivity contribution in [1.82, 2.24) is 19.5 Å². The Morgan fingerprint density at radius 2 is 2.17 bits per heavy atom. The van der Waals surface area contributed by atoms with E-state index in [1.807, 2.05) is 48.5 Å². The molecule has 2 aliphatic rings. The van der Waals surface area contributed by atoms with Gasteiger partial charge in [-0.2, -0.15) is 5.10 Å². The van der Waals surface area contributed by atoms with E-state index in [1.54, 1.807) is 6.20 Å². The summed E-state index contributed by atoms with van der Waals surface area (Å²) in [6.07, 6.45) is 8.43. The SMILES string of the molecule is CC(C)(C)OC(=O)N1C2C=C(c3cnc4cccnn34)CC1CC2. The van der Waals surface area contributed by atoms with E-state index in [0.717, 1.165) is 30.6 Å². The molecule has 24 heavy (non-hydrogen) atoms. The number of carbonyl (C=O) groups is 1. The van der Waals surface area contributed by atoms with Gasteiger partial charge in [-0.3, -0.25) is 4.90 Å². The molecule has 126 valence electrons. The minimum Gasteiger partial charge on any atom is -0.444 e. The Hall–Kier alpha value is -2.37. The third-order valence-corrected chi connectivity index (χ3v) is 4.61. The summed E-state index contributed by atoms with van der Waals surface area (Å²) in [6.45, 7) is 5.71. The monoisotopic (exact) mass is 326 g/mol. The molecule has 1 saturated heterocycles. The Bertz CT molecular complexity index is 818. The average Bonchev–Trinajstić information content (AvgIpc) is 3.05. The van der Waals surface area contributed by atoms with Crippen molar-refractivity contribution in [3.05, 3.63) is 36.3 Å². The minimum atomic E-state index is -0.466. The summed E-state index contributed by atoms with van der Waals surface area (Å²) in [5, 5.41) is 4.40. The molecule has 6 nitrogen and oxygen atoms in total. The van der Waals surface area contributed by atoms with Crippen LogP contribution in [0.15, 0.2) is 30.6 Å². The fourth-order valence-electron chi connectivity index (χ4n) is 3.67. The van der Waals surface area contributed by atoms with Crippen LogP contribution in [0.2, 0.25) is 0 Å². The third kappa shape index (κ3) is 2.56. The van der Waals surface area contributed by atoms with Gasteiger partial charge in [-0.1, -0.05) is 6.08 Å². The van der Waals surface area contributed by atoms with Gasteiger partial charge in [0.15, 0.2) is 5.65 Å². The molecule has 0 N–H and O–H groups in total. The molecular weight excluding hydrogens is 304 g/mol. The van der Waals surface area contributed by atoms with Gasteiger partial charge in [0, 0.05) is 12.2 Å². The molecule has 2 unspecified atom stereocenters. The smallest absolute Gasteiger partial charge is 0.411 e. The molecule has 0 aliphatic carbocycles. The average molecular weight is 326 g/mol. The van der Waals surface area contributed by atoms with Crippen LogP contribution in [0.3, 0.4) is 0 Å². The number of aromatic nitrogens is 3. The lowest BCUT2D eigenvalue weighted by atomic mass is 9.99. The number of hydrogen-bond acceptors (Lipinski definition) is 4. The predicted octanol–water partition coefficient (Wildman–Crippen LogP) is 3.28. The largest absolute Gasteiger partial charge is 0.444 e. The molecular formula is C18H22N4O2. The van der Waals surface area contributed by atoms with Crippen molar-refractivity contribution < 1.29 is 9.53 Å². The summed E-state index contributed by atoms with van der Waals surface area (Å²) in [5.41, 5.74) is 2.61. The van der Waals surface area contributed by atoms with Crippen molar-refractivity contribution in [2.45, 2.75) is 57.7 Å². The molecule has 6 heteroatoms. The zero-order chi connectivity index (χ0) is 16.9. The van der Waals surface area contributed by atoms with E-state index in [-0.39, 0.29) is 18.2 Å². The number of imidazole rings is 1. The Morgan fingerprint density at radius 3 is 2.92 bits per heavy atom. The molecule has 0 spiro atoms. The maximum absolute atomic E-state index is 12.5. The highest BCUT2D eigenvalue weighted by molar-refractivity contribution is 5.74. The molecule has 4 rings (SSSR count). The second-order valence-electron chi connectivity index (χ2n) is 7.52. The summed E-state index contributed by atoms with van der Waals surface area (Å²) >= 11 is 0. The van der Waals surface area contributed by atoms with E-state index in [4.69, 9.17) is 4.74 Å². The van der Waals surface area contributed by atoms with Crippen LogP contribution in [0.5, 0.6) is 0 Å². The quantitative estimate of drug-likeness (QED) is 0.807. The first kappa shape index (κ1) is 15.2. The van der Waals surface area contributed by atoms with Gasteiger partial charge in [0.05, 0.1) is 17.9 Å². The number of nitrogens with zero attached hydrogens (tertiary/aromatic N) is 4. The number of amides is 1. The lowest BCUT2D eigenvalue weighted by molar-refractivity contribution is 0.0175. The van der Waals surface area contributed by atoms with E-state index in [1.165, 1.54) is 5.57 Å². The first-order valence-electron chi connectivity index (χ1n) is 8.43. The van der Waals surface area contributed by atoms with E-state index < -0.39 is 5.60 Å². The highest BCUT2D eigenvalue weighted by atomic mass is 16.6. The van der Waals surface area contributed by atoms with Gasteiger partial charge < -0.3 is 4.74 Å². The number of fused-ring (bicyclic) bond motifs is 3. The van der Waals surface area contributed by atoms with Gasteiger partial charge in [-0.25, -0.2) is 14.3 Å². The molecule has 1 amide bonds. The lowest BCUT2D eigenvalue weighted by Gasteiger charge is -2.35. The Balaban J connectivity index is 1.63. The van der Waals surface area contributed by atoms with Gasteiger partial charge >= 0.3 is 6.09 Å². The van der Waals surface area contributed by atoms with Crippen LogP contribution in [-0.2, 0) is 4.74 Å². The van der Waals surface area contributed by atoms with Gasteiger partial charge in [-0.05, 0) is 57.7 Å². The van der Waals surface area contributed by atoms with Crippen LogP contribution in [0, 0.1) is 0 Å². The normalized spacial score (nSPS) is 23.5. The maximum Gasteiger partial charge on any atom is 0.411 e. The number of hydrogen-bond donors (Lipinski definition) is 0. The van der Waals surface area contributed by atoms with Gasteiger partial charge in [0.1, 0.15) is 5.60 Å². The van der Waals surface area contributed by atoms with Crippen LogP contribution >= 0.6 is 0 Å². The summed E-state index contributed by atoms with van der Waals surface area (Å²) in [5.74, 6) is 0. The Labute approximate surface area is 141 Å². The zero-order valence-electron chi connectivity index (χ0n) is 14.3. The van der Waals surface area contributed by atoms with Gasteiger partial charge in [0.25, 0.3) is 0 Å². The van der Waals surface area contributed by atoms with Crippen LogP contribution < -0.4 is 0 Å². The molecule has 0 saturated carbocycles. The van der Waals surface area contributed by atoms with Crippen LogP contribution in [0.1, 0.15) is 45.7 Å². The fraction of sp³-hybridized carbons (Fsp3) is 0.500. The molecule has 1 fully saturated rings. The van der Waals surface area contributed by atoms with Gasteiger partial charge in [-0.15, -0.1) is 0 Å². The molecule has 2 aliphatic heterocycles. The van der Waals surface area contributed by atoms with E-state index in [0.29, 0.717) is 0 Å². The second-order valence-corrected chi connectivity index (χ2v) is 7.52. The molecule has 2 aromatic rings. The van der Waals surface area contributed by atoms with Crippen molar-refractivity contribution in [3.8, 4) is 0 Å². The molecule has 0 aromatic carbocycles. The van der Waals surface area contributed by atoms with Crippen LogP contribution in [0.4, 0.5) is 4.79 Å². The Kier molecular flexibility index (Phi) is 3.37. The number of ether oxygens (including phenoxy) is 1. The molecule has 4 heterocycles. The van der Waals surface area contributed by atoms with Crippen LogP contribution in [0.25, 0.3) is 11.2 Å². The molecule has 0 radical (unpaired) electrons. The first-order valence-corrected chi connectivity index (χ1v) is 8.43. The van der Waals surface area contributed by atoms with E-state index >= 15 is 0 Å². The highest BCUT2D eigenvalue weighted by Crippen LogP contribution is 2.39. The van der Waals surface area contributed by atoms with E-state index in [2.05, 4.69) is 16.2 Å². The fourth-order valence-corrected chi connectivity index (χ4v) is 3.67. The van der Waals surface area contributed by atoms with E-state index in [9.17, 15) is 4.79 Å². The summed E-state index contributed by atoms with van der Waals surface area (Å²) in [6, 6.07) is 4.12. The van der Waals surface area contributed by atoms with Crippen molar-refractivity contribution in [3.63, 3.8) is 0 Å². The summed E-state index contributed by atoms with van der Waals surface area (Å²) < 4.78 is 7.45. The van der Waals surface area contributed by atoms with Crippen molar-refractivity contribution >= 4 is 17.3 Å². The van der Waals surface area contributed by atoms with Crippen molar-refractivity contribution in [2.75, 3.05) is 0 Å². The standard InChI is InChI=1S/C18H22N4O2/c1-18(2,3)24-17(23)21-13-6-7-14(21)10-12(9-13)15-11-19-16-5-4-8-20-22(15)16/h4-5,8-9,11,13-14H,6-7,10H2,1-3H3.